The zero-order valence-electron chi connectivity index (χ0n) is 18.2. The van der Waals surface area contributed by atoms with Crippen LogP contribution in [0.5, 0.6) is 20.3 Å². The average Bonchev–Trinajstić information content (AvgIpc) is 3.32. The molecule has 12 heteroatoms. The van der Waals surface area contributed by atoms with E-state index in [4.69, 9.17) is 18.9 Å². The molecule has 0 amide bonds. The summed E-state index contributed by atoms with van der Waals surface area (Å²) < 4.78 is 111. The molecule has 1 aliphatic rings. The van der Waals surface area contributed by atoms with Gasteiger partial charge in [0.1, 0.15) is 0 Å². The van der Waals surface area contributed by atoms with E-state index >= 15 is 17.6 Å². The van der Waals surface area contributed by atoms with Gasteiger partial charge in [-0.25, -0.2) is 0 Å². The van der Waals surface area contributed by atoms with Gasteiger partial charge in [0.25, 0.3) is 0 Å². The fourth-order valence-corrected chi connectivity index (χ4v) is 5.36. The monoisotopic (exact) mass is 516 g/mol. The van der Waals surface area contributed by atoms with Crippen LogP contribution in [0.2, 0.25) is 0 Å². The summed E-state index contributed by atoms with van der Waals surface area (Å²) in [4.78, 5) is 0. The molecule has 2 heterocycles. The molecule has 184 valence electrons. The van der Waals surface area contributed by atoms with Crippen LogP contribution >= 0.6 is 22.7 Å². The van der Waals surface area contributed by atoms with E-state index in [1.165, 1.54) is 0 Å². The molecule has 0 saturated carbocycles. The van der Waals surface area contributed by atoms with Gasteiger partial charge in [-0.1, -0.05) is 22.7 Å². The molecule has 1 aliphatic carbocycles. The van der Waals surface area contributed by atoms with Crippen molar-refractivity contribution in [2.24, 2.45) is 0 Å². The molecule has 0 N–H and O–H groups in total. The highest BCUT2D eigenvalue weighted by atomic mass is 32.1. The second-order valence-corrected chi connectivity index (χ2v) is 8.69. The fourth-order valence-electron chi connectivity index (χ4n) is 3.39. The molecule has 0 saturated heterocycles. The van der Waals surface area contributed by atoms with Crippen LogP contribution in [-0.4, -0.2) is 44.2 Å². The minimum Gasteiger partial charge on any atom is -0.484 e. The first kappa shape index (κ1) is 25.5. The summed E-state index contributed by atoms with van der Waals surface area (Å²) in [6.07, 6.45) is 0. The molecule has 0 bridgehead atoms. The molecule has 0 fully saturated rings. The molecule has 0 unspecified atom stereocenters. The van der Waals surface area contributed by atoms with Crippen LogP contribution in [0.3, 0.4) is 0 Å². The zero-order valence-corrected chi connectivity index (χ0v) is 19.8. The summed E-state index contributed by atoms with van der Waals surface area (Å²) in [6, 6.07) is 2.05. The Kier molecular flexibility index (Phi) is 7.18. The minimum atomic E-state index is -5.70. The number of rotatable bonds is 10. The Morgan fingerprint density at radius 3 is 1.24 bits per heavy atom. The Morgan fingerprint density at radius 1 is 0.606 bits per heavy atom. The van der Waals surface area contributed by atoms with E-state index in [-0.39, 0.29) is 46.7 Å². The van der Waals surface area contributed by atoms with Crippen LogP contribution in [0.4, 0.5) is 26.3 Å². The molecule has 0 atom stereocenters. The highest BCUT2D eigenvalue weighted by Gasteiger charge is 2.80. The van der Waals surface area contributed by atoms with Gasteiger partial charge in [-0.15, -0.1) is 0 Å². The first-order valence-electron chi connectivity index (χ1n) is 10.2. The number of ether oxygens (including phenoxy) is 4. The van der Waals surface area contributed by atoms with Crippen molar-refractivity contribution in [3.05, 3.63) is 23.3 Å². The molecule has 4 nitrogen and oxygen atoms in total. The normalized spacial score (nSPS) is 18.5. The fraction of sp³-hybridized carbons (Fsp3) is 0.524. The van der Waals surface area contributed by atoms with Gasteiger partial charge in [-0.2, -0.15) is 26.3 Å². The Balaban J connectivity index is 2.40. The third kappa shape index (κ3) is 4.05. The lowest BCUT2D eigenvalue weighted by molar-refractivity contribution is -0.254. The molecule has 2 aromatic rings. The maximum atomic E-state index is 15.1. The second-order valence-electron chi connectivity index (χ2n) is 6.74. The Morgan fingerprint density at radius 2 is 0.939 bits per heavy atom. The van der Waals surface area contributed by atoms with Crippen LogP contribution in [-0.2, 0) is 0 Å². The predicted octanol–water partition coefficient (Wildman–Crippen LogP) is 7.23. The quantitative estimate of drug-likeness (QED) is 0.312. The SMILES string of the molecule is CCOc1cc(C2=C(c3cc(OCC)sc3OCC)C(F)(F)C(F)(F)C2(F)F)c(OCC)s1. The highest BCUT2D eigenvalue weighted by Crippen LogP contribution is 2.67. The van der Waals surface area contributed by atoms with Crippen molar-refractivity contribution < 1.29 is 45.3 Å². The van der Waals surface area contributed by atoms with Gasteiger partial charge >= 0.3 is 17.8 Å². The van der Waals surface area contributed by atoms with E-state index in [1.54, 1.807) is 27.7 Å². The van der Waals surface area contributed by atoms with Gasteiger partial charge in [-0.05, 0) is 27.7 Å². The van der Waals surface area contributed by atoms with Crippen molar-refractivity contribution in [2.75, 3.05) is 26.4 Å². The maximum absolute atomic E-state index is 15.1. The van der Waals surface area contributed by atoms with Crippen molar-refractivity contribution in [2.45, 2.75) is 45.5 Å². The topological polar surface area (TPSA) is 36.9 Å². The third-order valence-electron chi connectivity index (χ3n) is 4.68. The van der Waals surface area contributed by atoms with E-state index in [1.807, 2.05) is 0 Å². The lowest BCUT2D eigenvalue weighted by Crippen LogP contribution is -2.48. The van der Waals surface area contributed by atoms with E-state index < -0.39 is 40.0 Å². The zero-order chi connectivity index (χ0) is 24.6. The van der Waals surface area contributed by atoms with E-state index in [2.05, 4.69) is 0 Å². The van der Waals surface area contributed by atoms with Gasteiger partial charge in [0, 0.05) is 34.4 Å². The first-order valence-corrected chi connectivity index (χ1v) is 11.8. The third-order valence-corrected chi connectivity index (χ3v) is 6.60. The van der Waals surface area contributed by atoms with Crippen molar-refractivity contribution in [1.82, 2.24) is 0 Å². The summed E-state index contributed by atoms with van der Waals surface area (Å²) in [5.74, 6) is -16.1. The van der Waals surface area contributed by atoms with Gasteiger partial charge in [0.2, 0.25) is 0 Å². The minimum absolute atomic E-state index is 0.00279. The van der Waals surface area contributed by atoms with Crippen LogP contribution in [0.15, 0.2) is 12.1 Å². The number of thiophene rings is 2. The second kappa shape index (κ2) is 9.28. The number of alkyl halides is 6. The van der Waals surface area contributed by atoms with Crippen LogP contribution < -0.4 is 18.9 Å². The molecular weight excluding hydrogens is 494 g/mol. The number of hydrogen-bond acceptors (Lipinski definition) is 6. The molecule has 2 aromatic heterocycles. The summed E-state index contributed by atoms with van der Waals surface area (Å²) in [5, 5.41) is -0.301. The van der Waals surface area contributed by atoms with E-state index in [9.17, 15) is 8.78 Å². The van der Waals surface area contributed by atoms with Gasteiger partial charge in [0.05, 0.1) is 26.4 Å². The number of halogens is 6. The number of hydrogen-bond donors (Lipinski definition) is 0. The molecule has 0 aliphatic heterocycles. The molecule has 0 spiro atoms. The predicted molar refractivity (Wildman–Crippen MR) is 115 cm³/mol. The summed E-state index contributed by atoms with van der Waals surface area (Å²) in [5.41, 5.74) is -4.20. The summed E-state index contributed by atoms with van der Waals surface area (Å²) in [6.45, 7) is 6.66. The summed E-state index contributed by atoms with van der Waals surface area (Å²) >= 11 is 1.53. The van der Waals surface area contributed by atoms with Crippen LogP contribution in [0, 0.1) is 0 Å². The highest BCUT2D eigenvalue weighted by molar-refractivity contribution is 7.16. The first-order chi connectivity index (χ1) is 15.5. The summed E-state index contributed by atoms with van der Waals surface area (Å²) in [7, 11) is 0. The van der Waals surface area contributed by atoms with E-state index in [0.717, 1.165) is 34.8 Å². The Labute approximate surface area is 194 Å². The molecule has 3 rings (SSSR count). The van der Waals surface area contributed by atoms with Gasteiger partial charge in [0.15, 0.2) is 20.3 Å². The van der Waals surface area contributed by atoms with Crippen molar-refractivity contribution >= 4 is 33.8 Å². The average molecular weight is 517 g/mol. The maximum Gasteiger partial charge on any atom is 0.380 e. The lowest BCUT2D eigenvalue weighted by atomic mass is 9.97. The molecule has 0 radical (unpaired) electrons. The Bertz CT molecular complexity index is 950. The van der Waals surface area contributed by atoms with Crippen molar-refractivity contribution in [1.29, 1.82) is 0 Å². The van der Waals surface area contributed by atoms with Gasteiger partial charge < -0.3 is 18.9 Å². The largest absolute Gasteiger partial charge is 0.484 e. The standard InChI is InChI=1S/C21H22F6O4S2/c1-5-28-13-9-11(17(32-13)30-7-3)15-16(20(24,25)21(26,27)19(15,22)23)12-10-14(29-6-2)33-18(12)31-8-4/h9-10H,5-8H2,1-4H3. The smallest absolute Gasteiger partial charge is 0.380 e. The molecular formula is C21H22F6O4S2. The Hall–Kier alpha value is -2.08. The van der Waals surface area contributed by atoms with Crippen LogP contribution in [0.25, 0.3) is 11.1 Å². The van der Waals surface area contributed by atoms with Crippen LogP contribution in [0.1, 0.15) is 38.8 Å². The number of allylic oxidation sites excluding steroid dienone is 2. The van der Waals surface area contributed by atoms with Crippen molar-refractivity contribution in [3.8, 4) is 20.3 Å². The lowest BCUT2D eigenvalue weighted by Gasteiger charge is -2.25. The molecule has 33 heavy (non-hydrogen) atoms. The molecule has 0 aromatic carbocycles. The van der Waals surface area contributed by atoms with Crippen molar-refractivity contribution in [3.63, 3.8) is 0 Å². The van der Waals surface area contributed by atoms with Gasteiger partial charge in [-0.3, -0.25) is 0 Å². The van der Waals surface area contributed by atoms with E-state index in [0.29, 0.717) is 0 Å².